The minimum absolute atomic E-state index is 0. The predicted octanol–water partition coefficient (Wildman–Crippen LogP) is 2.22. The summed E-state index contributed by atoms with van der Waals surface area (Å²) in [6, 6.07) is 11.5. The normalized spacial score (nSPS) is 9.07. The van der Waals surface area contributed by atoms with E-state index in [-0.39, 0.29) is 18.4 Å². The molecule has 0 saturated carbocycles. The number of nitrogens with two attached hydrogens (primary N) is 1. The first-order valence-corrected chi connectivity index (χ1v) is 4.25. The molecule has 1 heterocycles. The molecule has 0 aliphatic heterocycles. The fourth-order valence-electron chi connectivity index (χ4n) is 1.11. The molecule has 0 radical (unpaired) electrons. The van der Waals surface area contributed by atoms with Gasteiger partial charge in [-0.25, -0.2) is 4.98 Å². The quantitative estimate of drug-likeness (QED) is 0.818. The van der Waals surface area contributed by atoms with E-state index in [9.17, 15) is 0 Å². The van der Waals surface area contributed by atoms with Gasteiger partial charge >= 0.3 is 0 Å². The minimum Gasteiger partial charge on any atom is -0.368 e. The van der Waals surface area contributed by atoms with Gasteiger partial charge in [0, 0.05) is 11.9 Å². The van der Waals surface area contributed by atoms with Gasteiger partial charge in [-0.05, 0) is 18.2 Å². The van der Waals surface area contributed by atoms with Crippen molar-refractivity contribution in [2.45, 2.75) is 0 Å². The van der Waals surface area contributed by atoms with Gasteiger partial charge < -0.3 is 11.1 Å². The van der Waals surface area contributed by atoms with Crippen molar-refractivity contribution in [3.05, 3.63) is 42.6 Å². The van der Waals surface area contributed by atoms with E-state index >= 15 is 0 Å². The monoisotopic (exact) mass is 222 g/mol. The second-order valence-electron chi connectivity index (χ2n) is 2.79. The van der Waals surface area contributed by atoms with Crippen molar-refractivity contribution in [3.63, 3.8) is 0 Å². The van der Waals surface area contributed by atoms with Crippen LogP contribution in [0.2, 0.25) is 0 Å². The molecule has 4 nitrogen and oxygen atoms in total. The zero-order valence-electron chi connectivity index (χ0n) is 7.92. The zero-order chi connectivity index (χ0) is 9.80. The van der Waals surface area contributed by atoms with E-state index < -0.39 is 0 Å². The van der Waals surface area contributed by atoms with Crippen LogP contribution in [0.4, 0.5) is 17.5 Å². The third kappa shape index (κ3) is 3.11. The van der Waals surface area contributed by atoms with Crippen LogP contribution in [0.5, 0.6) is 0 Å². The number of para-hydroxylation sites is 1. The second kappa shape index (κ2) is 5.17. The van der Waals surface area contributed by atoms with E-state index in [1.54, 1.807) is 12.3 Å². The first-order valence-electron chi connectivity index (χ1n) is 4.25. The molecule has 15 heavy (non-hydrogen) atoms. The lowest BCUT2D eigenvalue weighted by molar-refractivity contribution is 1.18. The molecule has 0 fully saturated rings. The van der Waals surface area contributed by atoms with E-state index in [4.69, 9.17) is 5.73 Å². The number of anilines is 3. The van der Waals surface area contributed by atoms with Gasteiger partial charge in [0.2, 0.25) is 5.95 Å². The molecule has 78 valence electrons. The Hall–Kier alpha value is -1.81. The lowest BCUT2D eigenvalue weighted by Crippen LogP contribution is -1.98. The zero-order valence-corrected chi connectivity index (χ0v) is 8.74. The lowest BCUT2D eigenvalue weighted by atomic mass is 10.3. The van der Waals surface area contributed by atoms with E-state index in [0.29, 0.717) is 5.82 Å². The number of benzene rings is 1. The molecule has 0 amide bonds. The molecule has 0 bridgehead atoms. The van der Waals surface area contributed by atoms with Gasteiger partial charge in [0.25, 0.3) is 0 Å². The molecule has 2 aromatic rings. The summed E-state index contributed by atoms with van der Waals surface area (Å²) in [5.74, 6) is 0.967. The summed E-state index contributed by atoms with van der Waals surface area (Å²) in [7, 11) is 0. The van der Waals surface area contributed by atoms with Crippen LogP contribution in [0.25, 0.3) is 0 Å². The molecule has 1 aromatic carbocycles. The highest BCUT2D eigenvalue weighted by atomic mass is 35.5. The highest BCUT2D eigenvalue weighted by molar-refractivity contribution is 5.85. The number of rotatable bonds is 2. The number of hydrogen-bond acceptors (Lipinski definition) is 4. The van der Waals surface area contributed by atoms with E-state index in [1.807, 2.05) is 30.3 Å². The molecule has 0 aliphatic carbocycles. The predicted molar refractivity (Wildman–Crippen MR) is 63.4 cm³/mol. The van der Waals surface area contributed by atoms with Crippen molar-refractivity contribution >= 4 is 29.9 Å². The fourth-order valence-corrected chi connectivity index (χ4v) is 1.11. The molecular formula is C10H11ClN4. The molecular weight excluding hydrogens is 212 g/mol. The Kier molecular flexibility index (Phi) is 3.88. The Morgan fingerprint density at radius 3 is 2.47 bits per heavy atom. The smallest absolute Gasteiger partial charge is 0.221 e. The van der Waals surface area contributed by atoms with Crippen LogP contribution in [-0.4, -0.2) is 9.97 Å². The molecule has 0 aliphatic rings. The highest BCUT2D eigenvalue weighted by Gasteiger charge is 1.95. The average Bonchev–Trinajstić information content (AvgIpc) is 2.19. The SMILES string of the molecule is Cl.Nc1nccc(Nc2ccccc2)n1. The molecule has 0 unspecified atom stereocenters. The van der Waals surface area contributed by atoms with Gasteiger partial charge in [0.15, 0.2) is 0 Å². The van der Waals surface area contributed by atoms with Gasteiger partial charge in [-0.1, -0.05) is 18.2 Å². The van der Waals surface area contributed by atoms with E-state index in [2.05, 4.69) is 15.3 Å². The first-order chi connectivity index (χ1) is 6.84. The number of hydrogen-bond donors (Lipinski definition) is 2. The van der Waals surface area contributed by atoms with E-state index in [1.165, 1.54) is 0 Å². The second-order valence-corrected chi connectivity index (χ2v) is 2.79. The molecule has 5 heteroatoms. The maximum absolute atomic E-state index is 5.45. The van der Waals surface area contributed by atoms with Crippen LogP contribution in [-0.2, 0) is 0 Å². The van der Waals surface area contributed by atoms with Crippen molar-refractivity contribution in [1.29, 1.82) is 0 Å². The Bertz CT molecular complexity index is 419. The summed E-state index contributed by atoms with van der Waals surface area (Å²) in [5.41, 5.74) is 6.43. The average molecular weight is 223 g/mol. The molecule has 3 N–H and O–H groups in total. The van der Waals surface area contributed by atoms with Gasteiger partial charge in [-0.15, -0.1) is 12.4 Å². The summed E-state index contributed by atoms with van der Waals surface area (Å²) in [5, 5.41) is 3.11. The first kappa shape index (κ1) is 11.3. The van der Waals surface area contributed by atoms with Gasteiger partial charge in [0.05, 0.1) is 0 Å². The van der Waals surface area contributed by atoms with Crippen molar-refractivity contribution in [1.82, 2.24) is 9.97 Å². The molecule has 0 atom stereocenters. The minimum atomic E-state index is 0. The van der Waals surface area contributed by atoms with Crippen LogP contribution in [0.3, 0.4) is 0 Å². The van der Waals surface area contributed by atoms with Crippen LogP contribution < -0.4 is 11.1 Å². The van der Waals surface area contributed by atoms with E-state index in [0.717, 1.165) is 5.69 Å². The molecule has 0 spiro atoms. The summed E-state index contributed by atoms with van der Waals surface area (Å²) < 4.78 is 0. The maximum atomic E-state index is 5.45. The van der Waals surface area contributed by atoms with Gasteiger partial charge in [0.1, 0.15) is 5.82 Å². The molecule has 1 aromatic heterocycles. The summed E-state index contributed by atoms with van der Waals surface area (Å²) in [6.07, 6.45) is 1.62. The Morgan fingerprint density at radius 2 is 1.80 bits per heavy atom. The Morgan fingerprint density at radius 1 is 1.07 bits per heavy atom. The molecule has 2 rings (SSSR count). The summed E-state index contributed by atoms with van der Waals surface area (Å²) in [4.78, 5) is 7.83. The number of aromatic nitrogens is 2. The third-order valence-electron chi connectivity index (χ3n) is 1.72. The summed E-state index contributed by atoms with van der Waals surface area (Å²) >= 11 is 0. The number of nitrogens with zero attached hydrogens (tertiary/aromatic N) is 2. The Labute approximate surface area is 94.0 Å². The fraction of sp³-hybridized carbons (Fsp3) is 0. The van der Waals surface area contributed by atoms with Crippen LogP contribution in [0.15, 0.2) is 42.6 Å². The maximum Gasteiger partial charge on any atom is 0.221 e. The highest BCUT2D eigenvalue weighted by Crippen LogP contribution is 2.12. The van der Waals surface area contributed by atoms with Crippen molar-refractivity contribution in [2.24, 2.45) is 0 Å². The van der Waals surface area contributed by atoms with Crippen molar-refractivity contribution in [2.75, 3.05) is 11.1 Å². The molecule has 0 saturated heterocycles. The summed E-state index contributed by atoms with van der Waals surface area (Å²) in [6.45, 7) is 0. The number of halogens is 1. The topological polar surface area (TPSA) is 63.8 Å². The van der Waals surface area contributed by atoms with Crippen molar-refractivity contribution in [3.8, 4) is 0 Å². The van der Waals surface area contributed by atoms with Gasteiger partial charge in [-0.2, -0.15) is 4.98 Å². The van der Waals surface area contributed by atoms with Crippen molar-refractivity contribution < 1.29 is 0 Å². The standard InChI is InChI=1S/C10H10N4.ClH/c11-10-12-7-6-9(14-10)13-8-4-2-1-3-5-8;/h1-7H,(H3,11,12,13,14);1H. The van der Waals surface area contributed by atoms with Crippen LogP contribution in [0, 0.1) is 0 Å². The number of nitrogens with one attached hydrogen (secondary N) is 1. The van der Waals surface area contributed by atoms with Crippen LogP contribution in [0.1, 0.15) is 0 Å². The lowest BCUT2D eigenvalue weighted by Gasteiger charge is -2.04. The van der Waals surface area contributed by atoms with Crippen LogP contribution >= 0.6 is 12.4 Å². The number of nitrogen functional groups attached to an aromatic ring is 1. The largest absolute Gasteiger partial charge is 0.368 e. The van der Waals surface area contributed by atoms with Gasteiger partial charge in [-0.3, -0.25) is 0 Å². The third-order valence-corrected chi connectivity index (χ3v) is 1.72. The Balaban J connectivity index is 0.00000112.